The average Bonchev–Trinajstić information content (AvgIpc) is 2.71. The van der Waals surface area contributed by atoms with Crippen LogP contribution in [0.5, 0.6) is 5.75 Å². The molecular weight excluding hydrogens is 250 g/mol. The lowest BCUT2D eigenvalue weighted by Gasteiger charge is -2.06. The summed E-state index contributed by atoms with van der Waals surface area (Å²) in [6.45, 7) is 2.73. The van der Waals surface area contributed by atoms with Crippen LogP contribution < -0.4 is 5.32 Å². The van der Waals surface area contributed by atoms with E-state index < -0.39 is 0 Å². The second-order valence-corrected chi connectivity index (χ2v) is 4.56. The third-order valence-electron chi connectivity index (χ3n) is 2.74. The molecule has 0 fully saturated rings. The zero-order valence-corrected chi connectivity index (χ0v) is 11.2. The van der Waals surface area contributed by atoms with Crippen molar-refractivity contribution < 1.29 is 5.11 Å². The van der Waals surface area contributed by atoms with Crippen LogP contribution in [-0.2, 0) is 20.0 Å². The molecular formula is C13H16ClN3O. The lowest BCUT2D eigenvalue weighted by Crippen LogP contribution is -2.00. The Hall–Kier alpha value is -1.68. The summed E-state index contributed by atoms with van der Waals surface area (Å²) in [6, 6.07) is 5.20. The number of nitrogens with zero attached hydrogens (tertiary/aromatic N) is 2. The van der Waals surface area contributed by atoms with Gasteiger partial charge in [-0.2, -0.15) is 5.10 Å². The summed E-state index contributed by atoms with van der Waals surface area (Å²) in [5.74, 6) is 0.107. The molecule has 0 saturated carbocycles. The summed E-state index contributed by atoms with van der Waals surface area (Å²) < 4.78 is 1.80. The Balaban J connectivity index is 2.08. The smallest absolute Gasteiger partial charge is 0.134 e. The van der Waals surface area contributed by atoms with Crippen LogP contribution in [0.3, 0.4) is 0 Å². The number of aromatic nitrogens is 2. The molecule has 0 aliphatic rings. The van der Waals surface area contributed by atoms with E-state index in [9.17, 15) is 5.11 Å². The van der Waals surface area contributed by atoms with Gasteiger partial charge in [-0.1, -0.05) is 24.6 Å². The molecule has 1 aromatic heterocycles. The number of phenolic OH excluding ortho intramolecular Hbond substituents is 1. The fourth-order valence-electron chi connectivity index (χ4n) is 1.80. The molecule has 1 aromatic carbocycles. The van der Waals surface area contributed by atoms with E-state index in [0.29, 0.717) is 11.6 Å². The zero-order chi connectivity index (χ0) is 13.1. The van der Waals surface area contributed by atoms with Gasteiger partial charge in [-0.05, 0) is 24.1 Å². The van der Waals surface area contributed by atoms with Crippen molar-refractivity contribution in [3.05, 3.63) is 40.7 Å². The summed E-state index contributed by atoms with van der Waals surface area (Å²) in [5.41, 5.74) is 3.09. The van der Waals surface area contributed by atoms with E-state index in [-0.39, 0.29) is 5.75 Å². The van der Waals surface area contributed by atoms with Crippen LogP contribution in [0, 0.1) is 0 Å². The largest absolute Gasteiger partial charge is 0.506 e. The number of phenols is 1. The number of hydrogen-bond donors (Lipinski definition) is 2. The molecule has 0 radical (unpaired) electrons. The topological polar surface area (TPSA) is 50.1 Å². The minimum atomic E-state index is 0.107. The van der Waals surface area contributed by atoms with Crippen LogP contribution in [0.2, 0.25) is 5.02 Å². The van der Waals surface area contributed by atoms with Crippen molar-refractivity contribution in [1.29, 1.82) is 0 Å². The van der Waals surface area contributed by atoms with Crippen molar-refractivity contribution in [1.82, 2.24) is 9.78 Å². The van der Waals surface area contributed by atoms with Crippen LogP contribution in [0.4, 0.5) is 5.69 Å². The first-order valence-electron chi connectivity index (χ1n) is 5.84. The van der Waals surface area contributed by atoms with Crippen molar-refractivity contribution >= 4 is 17.3 Å². The molecule has 2 N–H and O–H groups in total. The Labute approximate surface area is 111 Å². The number of nitrogens with one attached hydrogen (secondary N) is 1. The first-order chi connectivity index (χ1) is 8.60. The average molecular weight is 266 g/mol. The molecule has 0 spiro atoms. The van der Waals surface area contributed by atoms with Crippen LogP contribution in [0.1, 0.15) is 18.2 Å². The van der Waals surface area contributed by atoms with E-state index in [1.54, 1.807) is 16.8 Å². The molecule has 0 aliphatic heterocycles. The van der Waals surface area contributed by atoms with Crippen LogP contribution >= 0.6 is 11.6 Å². The number of benzene rings is 1. The fourth-order valence-corrected chi connectivity index (χ4v) is 2.00. The lowest BCUT2D eigenvalue weighted by atomic mass is 10.2. The predicted octanol–water partition coefficient (Wildman–Crippen LogP) is 2.95. The second kappa shape index (κ2) is 5.31. The molecule has 0 aliphatic carbocycles. The number of rotatable bonds is 4. The molecule has 96 valence electrons. The molecule has 18 heavy (non-hydrogen) atoms. The monoisotopic (exact) mass is 265 g/mol. The van der Waals surface area contributed by atoms with Gasteiger partial charge in [-0.25, -0.2) is 0 Å². The SMILES string of the molecule is CCc1nn(C)cc1NCc1ccc(O)c(Cl)c1. The normalized spacial score (nSPS) is 10.6. The molecule has 0 bridgehead atoms. The van der Waals surface area contributed by atoms with E-state index >= 15 is 0 Å². The van der Waals surface area contributed by atoms with Crippen molar-refractivity contribution in [2.75, 3.05) is 5.32 Å². The molecule has 0 unspecified atom stereocenters. The highest BCUT2D eigenvalue weighted by Gasteiger charge is 2.06. The summed E-state index contributed by atoms with van der Waals surface area (Å²) in [6.07, 6.45) is 2.85. The number of hydrogen-bond acceptors (Lipinski definition) is 3. The molecule has 2 aromatic rings. The standard InChI is InChI=1S/C13H16ClN3O/c1-3-11-12(8-17(2)16-11)15-7-9-4-5-13(18)10(14)6-9/h4-6,8,15,18H,3,7H2,1-2H3. The summed E-state index contributed by atoms with van der Waals surface area (Å²) >= 11 is 5.86. The predicted molar refractivity (Wildman–Crippen MR) is 73.0 cm³/mol. The molecule has 5 heteroatoms. The second-order valence-electron chi connectivity index (χ2n) is 4.16. The molecule has 0 saturated heterocycles. The van der Waals surface area contributed by atoms with Gasteiger partial charge in [0, 0.05) is 19.8 Å². The maximum absolute atomic E-state index is 9.35. The number of aromatic hydroxyl groups is 1. The Morgan fingerprint density at radius 1 is 1.44 bits per heavy atom. The lowest BCUT2D eigenvalue weighted by molar-refractivity contribution is 0.475. The molecule has 0 amide bonds. The first kappa shape index (κ1) is 12.8. The molecule has 2 rings (SSSR count). The Morgan fingerprint density at radius 3 is 2.89 bits per heavy atom. The van der Waals surface area contributed by atoms with Gasteiger partial charge in [0.2, 0.25) is 0 Å². The highest BCUT2D eigenvalue weighted by molar-refractivity contribution is 6.32. The number of aryl methyl sites for hydroxylation is 2. The highest BCUT2D eigenvalue weighted by atomic mass is 35.5. The van der Waals surface area contributed by atoms with Crippen LogP contribution in [0.15, 0.2) is 24.4 Å². The minimum Gasteiger partial charge on any atom is -0.506 e. The molecule has 4 nitrogen and oxygen atoms in total. The number of halogens is 1. The van der Waals surface area contributed by atoms with Gasteiger partial charge in [0.15, 0.2) is 0 Å². The fraction of sp³-hybridized carbons (Fsp3) is 0.308. The van der Waals surface area contributed by atoms with Gasteiger partial charge < -0.3 is 10.4 Å². The van der Waals surface area contributed by atoms with Gasteiger partial charge in [-0.3, -0.25) is 4.68 Å². The minimum absolute atomic E-state index is 0.107. The summed E-state index contributed by atoms with van der Waals surface area (Å²) in [4.78, 5) is 0. The maximum atomic E-state index is 9.35. The number of anilines is 1. The maximum Gasteiger partial charge on any atom is 0.134 e. The van der Waals surface area contributed by atoms with Crippen molar-refractivity contribution in [2.45, 2.75) is 19.9 Å². The van der Waals surface area contributed by atoms with Crippen LogP contribution in [0.25, 0.3) is 0 Å². The molecule has 1 heterocycles. The third-order valence-corrected chi connectivity index (χ3v) is 3.04. The molecule has 0 atom stereocenters. The van der Waals surface area contributed by atoms with Gasteiger partial charge in [-0.15, -0.1) is 0 Å². The van der Waals surface area contributed by atoms with Crippen molar-refractivity contribution in [3.8, 4) is 5.75 Å². The summed E-state index contributed by atoms with van der Waals surface area (Å²) in [7, 11) is 1.90. The van der Waals surface area contributed by atoms with E-state index in [1.807, 2.05) is 19.3 Å². The van der Waals surface area contributed by atoms with E-state index in [2.05, 4.69) is 17.3 Å². The van der Waals surface area contributed by atoms with Crippen LogP contribution in [-0.4, -0.2) is 14.9 Å². The van der Waals surface area contributed by atoms with Gasteiger partial charge in [0.05, 0.1) is 16.4 Å². The van der Waals surface area contributed by atoms with Gasteiger partial charge in [0.25, 0.3) is 0 Å². The first-order valence-corrected chi connectivity index (χ1v) is 6.21. The Kier molecular flexibility index (Phi) is 3.77. The van der Waals surface area contributed by atoms with Crippen molar-refractivity contribution in [3.63, 3.8) is 0 Å². The third kappa shape index (κ3) is 2.76. The Morgan fingerprint density at radius 2 is 2.22 bits per heavy atom. The van der Waals surface area contributed by atoms with E-state index in [1.165, 1.54) is 0 Å². The zero-order valence-electron chi connectivity index (χ0n) is 10.4. The van der Waals surface area contributed by atoms with E-state index in [4.69, 9.17) is 11.6 Å². The highest BCUT2D eigenvalue weighted by Crippen LogP contribution is 2.24. The van der Waals surface area contributed by atoms with Crippen molar-refractivity contribution in [2.24, 2.45) is 7.05 Å². The van der Waals surface area contributed by atoms with Gasteiger partial charge >= 0.3 is 0 Å². The van der Waals surface area contributed by atoms with Gasteiger partial charge in [0.1, 0.15) is 5.75 Å². The summed E-state index contributed by atoms with van der Waals surface area (Å²) in [5, 5.41) is 17.4. The quantitative estimate of drug-likeness (QED) is 0.894. The van der Waals surface area contributed by atoms with E-state index in [0.717, 1.165) is 23.4 Å². The Bertz CT molecular complexity index is 551.